The summed E-state index contributed by atoms with van der Waals surface area (Å²) < 4.78 is 18.9. The SMILES string of the molecule is Cc1ccc(F)cc1CC(=O)c1cccc(OC(C)C)c1. The van der Waals surface area contributed by atoms with Crippen molar-refractivity contribution in [2.75, 3.05) is 0 Å². The van der Waals surface area contributed by atoms with E-state index in [0.717, 1.165) is 11.1 Å². The van der Waals surface area contributed by atoms with Crippen LogP contribution in [0.1, 0.15) is 35.3 Å². The minimum atomic E-state index is -0.319. The number of halogens is 1. The molecule has 21 heavy (non-hydrogen) atoms. The van der Waals surface area contributed by atoms with Gasteiger partial charge in [-0.3, -0.25) is 4.79 Å². The first kappa shape index (κ1) is 15.2. The lowest BCUT2D eigenvalue weighted by Crippen LogP contribution is -2.08. The summed E-state index contributed by atoms with van der Waals surface area (Å²) in [5.74, 6) is 0.310. The molecule has 2 nitrogen and oxygen atoms in total. The molecule has 0 heterocycles. The highest BCUT2D eigenvalue weighted by molar-refractivity contribution is 5.98. The van der Waals surface area contributed by atoms with Crippen LogP contribution in [-0.4, -0.2) is 11.9 Å². The Hall–Kier alpha value is -2.16. The molecule has 0 saturated carbocycles. The molecule has 0 atom stereocenters. The van der Waals surface area contributed by atoms with Gasteiger partial charge < -0.3 is 4.74 Å². The van der Waals surface area contributed by atoms with E-state index in [1.807, 2.05) is 26.8 Å². The molecule has 2 rings (SSSR count). The average Bonchev–Trinajstić information content (AvgIpc) is 2.42. The molecule has 0 fully saturated rings. The number of Topliss-reactive ketones (excluding diaryl/α,β-unsaturated/α-hetero) is 1. The topological polar surface area (TPSA) is 26.3 Å². The van der Waals surface area contributed by atoms with Gasteiger partial charge in [-0.1, -0.05) is 18.2 Å². The van der Waals surface area contributed by atoms with Crippen molar-refractivity contribution in [2.24, 2.45) is 0 Å². The summed E-state index contributed by atoms with van der Waals surface area (Å²) in [5.41, 5.74) is 2.21. The van der Waals surface area contributed by atoms with Gasteiger partial charge in [0.05, 0.1) is 6.10 Å². The summed E-state index contributed by atoms with van der Waals surface area (Å²) in [6.45, 7) is 5.75. The number of carbonyl (C=O) groups is 1. The number of benzene rings is 2. The Labute approximate surface area is 124 Å². The van der Waals surface area contributed by atoms with Gasteiger partial charge in [-0.2, -0.15) is 0 Å². The Morgan fingerprint density at radius 3 is 2.67 bits per heavy atom. The van der Waals surface area contributed by atoms with E-state index < -0.39 is 0 Å². The van der Waals surface area contributed by atoms with Crippen molar-refractivity contribution in [2.45, 2.75) is 33.3 Å². The normalized spacial score (nSPS) is 10.7. The minimum absolute atomic E-state index is 0.0436. The highest BCUT2D eigenvalue weighted by Crippen LogP contribution is 2.18. The van der Waals surface area contributed by atoms with Gasteiger partial charge in [0.15, 0.2) is 5.78 Å². The molecule has 0 aromatic heterocycles. The van der Waals surface area contributed by atoms with Crippen LogP contribution in [0.5, 0.6) is 5.75 Å². The van der Waals surface area contributed by atoms with Crippen molar-refractivity contribution >= 4 is 5.78 Å². The number of aryl methyl sites for hydroxylation is 1. The predicted octanol–water partition coefficient (Wildman–Crippen LogP) is 4.35. The zero-order valence-electron chi connectivity index (χ0n) is 12.5. The van der Waals surface area contributed by atoms with Crippen LogP contribution in [0, 0.1) is 12.7 Å². The number of hydrogen-bond donors (Lipinski definition) is 0. The quantitative estimate of drug-likeness (QED) is 0.764. The molecule has 2 aromatic carbocycles. The highest BCUT2D eigenvalue weighted by Gasteiger charge is 2.11. The smallest absolute Gasteiger partial charge is 0.167 e. The van der Waals surface area contributed by atoms with Crippen molar-refractivity contribution < 1.29 is 13.9 Å². The summed E-state index contributed by atoms with van der Waals surface area (Å²) in [4.78, 5) is 12.3. The first-order valence-electron chi connectivity index (χ1n) is 7.00. The van der Waals surface area contributed by atoms with Crippen LogP contribution >= 0.6 is 0 Å². The summed E-state index contributed by atoms with van der Waals surface area (Å²) >= 11 is 0. The molecule has 0 unspecified atom stereocenters. The second-order valence-electron chi connectivity index (χ2n) is 5.37. The Balaban J connectivity index is 2.18. The second-order valence-corrected chi connectivity index (χ2v) is 5.37. The number of rotatable bonds is 5. The van der Waals surface area contributed by atoms with Gasteiger partial charge in [-0.05, 0) is 56.2 Å². The van der Waals surface area contributed by atoms with E-state index in [0.29, 0.717) is 11.3 Å². The second kappa shape index (κ2) is 6.53. The lowest BCUT2D eigenvalue weighted by molar-refractivity contribution is 0.0992. The molecule has 3 heteroatoms. The first-order chi connectivity index (χ1) is 9.95. The van der Waals surface area contributed by atoms with Gasteiger partial charge in [-0.25, -0.2) is 4.39 Å². The van der Waals surface area contributed by atoms with Crippen LogP contribution in [0.15, 0.2) is 42.5 Å². The minimum Gasteiger partial charge on any atom is -0.491 e. The maximum Gasteiger partial charge on any atom is 0.167 e. The van der Waals surface area contributed by atoms with Crippen molar-refractivity contribution in [1.29, 1.82) is 0 Å². The van der Waals surface area contributed by atoms with Crippen molar-refractivity contribution in [3.8, 4) is 5.75 Å². The molecule has 0 saturated heterocycles. The molecule has 0 radical (unpaired) electrons. The molecule has 0 aliphatic heterocycles. The van der Waals surface area contributed by atoms with Gasteiger partial charge in [-0.15, -0.1) is 0 Å². The Bertz CT molecular complexity index is 647. The molecule has 0 N–H and O–H groups in total. The fourth-order valence-corrected chi connectivity index (χ4v) is 2.12. The maximum atomic E-state index is 13.3. The molecule has 0 aliphatic carbocycles. The van der Waals surface area contributed by atoms with E-state index in [4.69, 9.17) is 4.74 Å². The molecular formula is C18H19FO2. The summed E-state index contributed by atoms with van der Waals surface area (Å²) in [7, 11) is 0. The number of carbonyl (C=O) groups excluding carboxylic acids is 1. The molecule has 0 aliphatic rings. The van der Waals surface area contributed by atoms with Crippen molar-refractivity contribution in [1.82, 2.24) is 0 Å². The summed E-state index contributed by atoms with van der Waals surface area (Å²) in [6, 6.07) is 11.6. The van der Waals surface area contributed by atoms with E-state index in [2.05, 4.69) is 0 Å². The third kappa shape index (κ3) is 4.15. The number of hydrogen-bond acceptors (Lipinski definition) is 2. The molecule has 0 amide bonds. The van der Waals surface area contributed by atoms with Crippen molar-refractivity contribution in [3.63, 3.8) is 0 Å². The molecular weight excluding hydrogens is 267 g/mol. The molecule has 110 valence electrons. The van der Waals surface area contributed by atoms with Crippen LogP contribution < -0.4 is 4.74 Å². The van der Waals surface area contributed by atoms with E-state index >= 15 is 0 Å². The Morgan fingerprint density at radius 1 is 1.19 bits per heavy atom. The lowest BCUT2D eigenvalue weighted by atomic mass is 9.99. The maximum absolute atomic E-state index is 13.3. The van der Waals surface area contributed by atoms with Crippen LogP contribution in [0.4, 0.5) is 4.39 Å². The summed E-state index contributed by atoms with van der Waals surface area (Å²) in [5, 5.41) is 0. The zero-order chi connectivity index (χ0) is 15.4. The average molecular weight is 286 g/mol. The fourth-order valence-electron chi connectivity index (χ4n) is 2.12. The van der Waals surface area contributed by atoms with Gasteiger partial charge in [0.25, 0.3) is 0 Å². The number of ether oxygens (including phenoxy) is 1. The summed E-state index contributed by atoms with van der Waals surface area (Å²) in [6.07, 6.45) is 0.246. The van der Waals surface area contributed by atoms with Gasteiger partial charge in [0.1, 0.15) is 11.6 Å². The molecule has 2 aromatic rings. The third-order valence-corrected chi connectivity index (χ3v) is 3.19. The van der Waals surface area contributed by atoms with E-state index in [-0.39, 0.29) is 24.1 Å². The number of ketones is 1. The largest absolute Gasteiger partial charge is 0.491 e. The third-order valence-electron chi connectivity index (χ3n) is 3.19. The standard InChI is InChI=1S/C18H19FO2/c1-12(2)21-17-6-4-5-14(10-17)18(20)11-15-9-16(19)8-7-13(15)3/h4-10,12H,11H2,1-3H3. The zero-order valence-corrected chi connectivity index (χ0v) is 12.5. The molecule has 0 spiro atoms. The Morgan fingerprint density at radius 2 is 1.95 bits per heavy atom. The highest BCUT2D eigenvalue weighted by atomic mass is 19.1. The van der Waals surface area contributed by atoms with Crippen LogP contribution in [0.3, 0.4) is 0 Å². The van der Waals surface area contributed by atoms with Crippen LogP contribution in [0.2, 0.25) is 0 Å². The monoisotopic (exact) mass is 286 g/mol. The molecule has 0 bridgehead atoms. The predicted molar refractivity (Wildman–Crippen MR) is 81.4 cm³/mol. The van der Waals surface area contributed by atoms with Gasteiger partial charge in [0, 0.05) is 12.0 Å². The lowest BCUT2D eigenvalue weighted by Gasteiger charge is -2.11. The fraction of sp³-hybridized carbons (Fsp3) is 0.278. The van der Waals surface area contributed by atoms with Gasteiger partial charge >= 0.3 is 0 Å². The Kier molecular flexibility index (Phi) is 4.73. The van der Waals surface area contributed by atoms with E-state index in [1.54, 1.807) is 24.3 Å². The first-order valence-corrected chi connectivity index (χ1v) is 7.00. The van der Waals surface area contributed by atoms with E-state index in [9.17, 15) is 9.18 Å². The van der Waals surface area contributed by atoms with Crippen LogP contribution in [0.25, 0.3) is 0 Å². The van der Waals surface area contributed by atoms with E-state index in [1.165, 1.54) is 12.1 Å². The van der Waals surface area contributed by atoms with Crippen LogP contribution in [-0.2, 0) is 6.42 Å². The van der Waals surface area contributed by atoms with Gasteiger partial charge in [0.2, 0.25) is 0 Å². The van der Waals surface area contributed by atoms with Crippen molar-refractivity contribution in [3.05, 3.63) is 65.0 Å².